The van der Waals surface area contributed by atoms with Crippen LogP contribution >= 0.6 is 20.8 Å². The van der Waals surface area contributed by atoms with Crippen LogP contribution in [0.25, 0.3) is 0 Å². The first kappa shape index (κ1) is 82.3. The fourth-order valence-electron chi connectivity index (χ4n) is 10.5. The minimum absolute atomic E-state index is 0. The standard InChI is InChI=1S/C20H20BrP.C13H23NO3.C13H21NO3.C11H19NO4.C11H17NO4.Li.H2O/c1-2-22(21,18-12-6-3-7-13-18,19-14-8-4-9-15-19)20-16-10-5-11-17-20;2*1-6-10-7-11(9(2)15)14(8-10)12(16)17-13(3,4)5;2*1-7(13)9-5-8(14)6-12(9)10(15)16-11(2,3)4;;/h3-17H,2H2,1H3;10-11H,6-8H2,1-5H3;6,11H,7-8H2,1-5H3;8-9,14H,5-6H2,1-4H3;9H,5-6H2,1-4H3;;1H2/q;;;;;+1;/p-1/t;10?,11-;11-;8-,9+;9-;;/m.0010../s1. The number of amides is 4. The molecule has 0 aliphatic carbocycles. The molecule has 0 aromatic heterocycles. The predicted molar refractivity (Wildman–Crippen MR) is 353 cm³/mol. The van der Waals surface area contributed by atoms with Crippen LogP contribution in [-0.2, 0) is 42.9 Å². The van der Waals surface area contributed by atoms with Crippen molar-refractivity contribution in [2.75, 3.05) is 32.3 Å². The summed E-state index contributed by atoms with van der Waals surface area (Å²) >= 11 is 4.35. The van der Waals surface area contributed by atoms with Crippen molar-refractivity contribution in [1.29, 1.82) is 0 Å². The average Bonchev–Trinajstić information content (AvgIpc) is 2.08. The molecule has 0 bridgehead atoms. The molecule has 1 unspecified atom stereocenters. The second-order valence-electron chi connectivity index (χ2n) is 26.8. The molecule has 496 valence electrons. The Morgan fingerprint density at radius 3 is 1.13 bits per heavy atom. The molecule has 4 amide bonds. The Labute approximate surface area is 555 Å². The van der Waals surface area contributed by atoms with E-state index in [0.717, 1.165) is 24.6 Å². The van der Waals surface area contributed by atoms with E-state index in [4.69, 9.17) is 18.9 Å². The molecule has 6 atom stereocenters. The number of ketones is 5. The van der Waals surface area contributed by atoms with Gasteiger partial charge in [-0.25, -0.2) is 19.2 Å². The molecular weight excluding hydrogens is 1230 g/mol. The molecule has 19 nitrogen and oxygen atoms in total. The van der Waals surface area contributed by atoms with Crippen LogP contribution in [0.4, 0.5) is 19.2 Å². The molecule has 4 heterocycles. The van der Waals surface area contributed by atoms with Gasteiger partial charge in [-0.15, -0.1) is 0 Å². The Morgan fingerprint density at radius 1 is 0.511 bits per heavy atom. The summed E-state index contributed by atoms with van der Waals surface area (Å²) < 4.78 is 20.9. The monoisotopic (exact) mass is 1330 g/mol. The Bertz CT molecular complexity index is 2820. The van der Waals surface area contributed by atoms with Gasteiger partial charge in [-0.05, 0) is 136 Å². The second kappa shape index (κ2) is 34.8. The second-order valence-corrected chi connectivity index (χ2v) is 36.0. The summed E-state index contributed by atoms with van der Waals surface area (Å²) in [7, 11) is 0. The number of rotatable bonds is 9. The number of hydrogen-bond acceptors (Lipinski definition) is 15. The minimum atomic E-state index is -2.59. The number of β-amino-alcohol motifs (C(OH)–C–C–N with tert-alkyl or cyclic N) is 1. The summed E-state index contributed by atoms with van der Waals surface area (Å²) in [5.74, 6) is 0.0566. The molecule has 4 saturated heterocycles. The number of allylic oxidation sites excluding steroid dienone is 1. The summed E-state index contributed by atoms with van der Waals surface area (Å²) in [4.78, 5) is 110. The SMILES string of the molecule is CC(=O)[C@@H]1CC(=O)CN1C(=O)OC(C)(C)C.CC(=O)[C@@H]1C[C@@H](O)CN1C(=O)OC(C)(C)C.CC=C1C[C@@H](C(C)=O)N(C(=O)OC(C)(C)C)C1.CCC1C[C@@H](C(C)=O)N(C(=O)OC(C)(C)C)C1.CCP(Br)(c1ccccc1)(c1ccccc1)c1ccccc1.[Li+].[OH-]. The first-order chi connectivity index (χ1) is 40.6. The van der Waals surface area contributed by atoms with Gasteiger partial charge in [0.05, 0.1) is 37.3 Å². The summed E-state index contributed by atoms with van der Waals surface area (Å²) in [5.41, 5.74) is -1.15. The zero-order valence-corrected chi connectivity index (χ0v) is 59.6. The predicted octanol–water partition coefficient (Wildman–Crippen LogP) is 8.91. The molecular formula is C68H101BrLiN4O15P. The van der Waals surface area contributed by atoms with E-state index in [1.54, 1.807) is 53.4 Å². The van der Waals surface area contributed by atoms with Gasteiger partial charge in [0.15, 0.2) is 28.9 Å². The van der Waals surface area contributed by atoms with Crippen LogP contribution < -0.4 is 34.8 Å². The van der Waals surface area contributed by atoms with E-state index < -0.39 is 64.2 Å². The molecule has 4 fully saturated rings. The Balaban J connectivity index is 0.000000563. The quantitative estimate of drug-likeness (QED) is 0.0908. The van der Waals surface area contributed by atoms with Crippen LogP contribution in [0.1, 0.15) is 164 Å². The van der Waals surface area contributed by atoms with E-state index >= 15 is 0 Å². The molecule has 3 aromatic carbocycles. The topological polar surface area (TPSA) is 254 Å². The first-order valence-electron chi connectivity index (χ1n) is 30.3. The van der Waals surface area contributed by atoms with Gasteiger partial charge < -0.3 is 29.5 Å². The Morgan fingerprint density at radius 2 is 0.822 bits per heavy atom. The molecule has 4 aliphatic heterocycles. The van der Waals surface area contributed by atoms with Crippen molar-refractivity contribution in [3.63, 3.8) is 0 Å². The largest absolute Gasteiger partial charge is 1.00 e. The Hall–Kier alpha value is -5.74. The fourth-order valence-corrected chi connectivity index (χ4v) is 17.0. The molecule has 4 aliphatic rings. The number of carbonyl (C=O) groups is 9. The number of nitrogens with zero attached hydrogens (tertiary/aromatic N) is 4. The van der Waals surface area contributed by atoms with Crippen LogP contribution in [0.15, 0.2) is 103 Å². The summed E-state index contributed by atoms with van der Waals surface area (Å²) in [6, 6.07) is 30.8. The van der Waals surface area contributed by atoms with Crippen LogP contribution in [0.2, 0.25) is 0 Å². The number of ether oxygens (including phenoxy) is 4. The smallest absolute Gasteiger partial charge is 0.870 e. The number of hydrogen-bond donors (Lipinski definition) is 1. The van der Waals surface area contributed by atoms with E-state index in [0.29, 0.717) is 31.8 Å². The maximum Gasteiger partial charge on any atom is 1.00 e. The molecule has 22 heteroatoms. The summed E-state index contributed by atoms with van der Waals surface area (Å²) in [6.45, 7) is 34.9. The minimum Gasteiger partial charge on any atom is -0.870 e. The molecule has 3 aromatic rings. The maximum atomic E-state index is 12.0. The van der Waals surface area contributed by atoms with Crippen molar-refractivity contribution in [2.45, 2.75) is 216 Å². The number of carbonyl (C=O) groups excluding carboxylic acids is 9. The van der Waals surface area contributed by atoms with Gasteiger partial charge >= 0.3 is 184 Å². The van der Waals surface area contributed by atoms with Gasteiger partial charge in [0.25, 0.3) is 0 Å². The Kier molecular flexibility index (Phi) is 31.8. The zero-order chi connectivity index (χ0) is 66.9. The van der Waals surface area contributed by atoms with Gasteiger partial charge in [0, 0.05) is 25.9 Å². The average molecular weight is 1330 g/mol. The van der Waals surface area contributed by atoms with Gasteiger partial charge in [-0.1, -0.05) is 25.0 Å². The third kappa shape index (κ3) is 24.1. The third-order valence-corrected chi connectivity index (χ3v) is 25.4. The van der Waals surface area contributed by atoms with Crippen molar-refractivity contribution in [1.82, 2.24) is 19.6 Å². The normalized spacial score (nSPS) is 20.6. The van der Waals surface area contributed by atoms with Gasteiger partial charge in [-0.2, -0.15) is 0 Å². The van der Waals surface area contributed by atoms with E-state index in [9.17, 15) is 48.3 Å². The van der Waals surface area contributed by atoms with Gasteiger partial charge in [-0.3, -0.25) is 43.6 Å². The summed E-state index contributed by atoms with van der Waals surface area (Å²) in [5, 5.41) is 11.0. The van der Waals surface area contributed by atoms with Gasteiger partial charge in [0.2, 0.25) is 0 Å². The third-order valence-electron chi connectivity index (χ3n) is 14.9. The van der Waals surface area contributed by atoms with E-state index in [-0.39, 0.29) is 90.9 Å². The number of benzene rings is 3. The van der Waals surface area contributed by atoms with Crippen molar-refractivity contribution < 1.29 is 91.5 Å². The first-order valence-corrected chi connectivity index (χ1v) is 34.8. The van der Waals surface area contributed by atoms with Crippen molar-refractivity contribution in [3.8, 4) is 0 Å². The van der Waals surface area contributed by atoms with Gasteiger partial charge in [0.1, 0.15) is 28.4 Å². The molecule has 0 saturated carbocycles. The van der Waals surface area contributed by atoms with E-state index in [1.165, 1.54) is 51.4 Å². The van der Waals surface area contributed by atoms with E-state index in [1.807, 2.05) is 54.5 Å². The molecule has 0 spiro atoms. The van der Waals surface area contributed by atoms with Crippen LogP contribution in [0, 0.1) is 5.92 Å². The zero-order valence-electron chi connectivity index (χ0n) is 57.1. The summed E-state index contributed by atoms with van der Waals surface area (Å²) in [6.07, 6.45) is 3.25. The number of halogens is 1. The molecule has 90 heavy (non-hydrogen) atoms. The number of aliphatic hydroxyl groups excluding tert-OH is 1. The number of aliphatic hydroxyl groups is 1. The molecule has 0 radical (unpaired) electrons. The maximum absolute atomic E-state index is 12.0. The van der Waals surface area contributed by atoms with Crippen molar-refractivity contribution in [2.24, 2.45) is 5.92 Å². The van der Waals surface area contributed by atoms with Crippen LogP contribution in [0.5, 0.6) is 0 Å². The van der Waals surface area contributed by atoms with Crippen molar-refractivity contribution >= 4 is 90.0 Å². The van der Waals surface area contributed by atoms with Crippen LogP contribution in [0.3, 0.4) is 0 Å². The molecule has 2 N–H and O–H groups in total. The van der Waals surface area contributed by atoms with Crippen LogP contribution in [-0.4, -0.2) is 168 Å². The van der Waals surface area contributed by atoms with Crippen molar-refractivity contribution in [3.05, 3.63) is 103 Å². The molecule has 7 rings (SSSR count). The number of Topliss-reactive ketones (excluding diaryl/α,β-unsaturated/α-hetero) is 5. The number of likely N-dealkylation sites (tertiary alicyclic amines) is 4. The fraction of sp³-hybridized carbons (Fsp3) is 0.574. The van der Waals surface area contributed by atoms with E-state index in [2.05, 4.69) is 120 Å².